The minimum Gasteiger partial charge on any atom is -0.394 e. The molecule has 2 heterocycles. The number of rotatable bonds is 35. The van der Waals surface area contributed by atoms with Crippen LogP contribution >= 0.6 is 0 Å². The summed E-state index contributed by atoms with van der Waals surface area (Å²) in [4.78, 5) is 13.1. The summed E-state index contributed by atoms with van der Waals surface area (Å²) >= 11 is 0. The zero-order valence-corrected chi connectivity index (χ0v) is 37.8. The van der Waals surface area contributed by atoms with Crippen molar-refractivity contribution in [3.05, 3.63) is 48.6 Å². The van der Waals surface area contributed by atoms with Gasteiger partial charge in [-0.15, -0.1) is 0 Å². The fourth-order valence-electron chi connectivity index (χ4n) is 7.51. The van der Waals surface area contributed by atoms with Gasteiger partial charge in [0.25, 0.3) is 0 Å². The zero-order valence-electron chi connectivity index (χ0n) is 37.8. The molecule has 0 saturated carbocycles. The maximum atomic E-state index is 13.1. The lowest BCUT2D eigenvalue weighted by atomic mass is 9.97. The molecule has 14 nitrogen and oxygen atoms in total. The Hall–Kier alpha value is -2.05. The number of carbonyl (C=O) groups excluding carboxylic acids is 1. The van der Waals surface area contributed by atoms with Gasteiger partial charge >= 0.3 is 0 Å². The van der Waals surface area contributed by atoms with Gasteiger partial charge in [-0.25, -0.2) is 0 Å². The van der Waals surface area contributed by atoms with Gasteiger partial charge in [0.2, 0.25) is 5.91 Å². The summed E-state index contributed by atoms with van der Waals surface area (Å²) in [6, 6.07) is -0.933. The first-order chi connectivity index (χ1) is 30.1. The van der Waals surface area contributed by atoms with Gasteiger partial charge < -0.3 is 65.1 Å². The third kappa shape index (κ3) is 22.7. The van der Waals surface area contributed by atoms with Crippen LogP contribution in [-0.2, 0) is 23.7 Å². The van der Waals surface area contributed by atoms with Gasteiger partial charge in [-0.05, 0) is 64.2 Å². The minimum atomic E-state index is -1.79. The summed E-state index contributed by atoms with van der Waals surface area (Å²) in [5.41, 5.74) is 0. The fourth-order valence-corrected chi connectivity index (χ4v) is 7.51. The molecule has 0 bridgehead atoms. The fraction of sp³-hybridized carbons (Fsp3) is 0.812. The summed E-state index contributed by atoms with van der Waals surface area (Å²) in [5, 5.41) is 86.5. The maximum Gasteiger partial charge on any atom is 0.220 e. The highest BCUT2D eigenvalue weighted by Crippen LogP contribution is 2.30. The molecule has 0 radical (unpaired) electrons. The topological polar surface area (TPSA) is 228 Å². The van der Waals surface area contributed by atoms with Crippen molar-refractivity contribution in [2.24, 2.45) is 0 Å². The Morgan fingerprint density at radius 3 is 1.71 bits per heavy atom. The zero-order chi connectivity index (χ0) is 45.4. The van der Waals surface area contributed by atoms with E-state index in [1.54, 1.807) is 6.08 Å². The predicted molar refractivity (Wildman–Crippen MR) is 240 cm³/mol. The van der Waals surface area contributed by atoms with Crippen LogP contribution in [0.4, 0.5) is 0 Å². The number of unbranched alkanes of at least 4 members (excludes halogenated alkanes) is 16. The van der Waals surface area contributed by atoms with E-state index in [0.717, 1.165) is 51.4 Å². The van der Waals surface area contributed by atoms with Gasteiger partial charge in [0.05, 0.1) is 32.0 Å². The highest BCUT2D eigenvalue weighted by atomic mass is 16.7. The van der Waals surface area contributed by atoms with Crippen LogP contribution in [-0.4, -0.2) is 140 Å². The number of nitrogens with one attached hydrogen (secondary N) is 1. The van der Waals surface area contributed by atoms with E-state index in [-0.39, 0.29) is 18.9 Å². The summed E-state index contributed by atoms with van der Waals surface area (Å²) in [5.74, 6) is -0.262. The largest absolute Gasteiger partial charge is 0.394 e. The Bertz CT molecular complexity index is 1230. The molecule has 2 fully saturated rings. The van der Waals surface area contributed by atoms with Gasteiger partial charge in [-0.1, -0.05) is 133 Å². The molecule has 0 aromatic rings. The van der Waals surface area contributed by atoms with Crippen LogP contribution in [0.25, 0.3) is 0 Å². The number of carbonyl (C=O) groups is 1. The third-order valence-electron chi connectivity index (χ3n) is 11.5. The monoisotopic (exact) mass is 884 g/mol. The molecule has 62 heavy (non-hydrogen) atoms. The van der Waals surface area contributed by atoms with Crippen molar-refractivity contribution in [1.82, 2.24) is 5.32 Å². The van der Waals surface area contributed by atoms with E-state index in [4.69, 9.17) is 18.9 Å². The first kappa shape index (κ1) is 56.1. The minimum absolute atomic E-state index is 0.262. The number of allylic oxidation sites excluding steroid dienone is 7. The van der Waals surface area contributed by atoms with Crippen molar-refractivity contribution in [1.29, 1.82) is 0 Å². The molecular weight excluding hydrogens is 799 g/mol. The van der Waals surface area contributed by atoms with E-state index in [0.29, 0.717) is 12.8 Å². The molecule has 14 heteroatoms. The Balaban J connectivity index is 1.88. The summed E-state index contributed by atoms with van der Waals surface area (Å²) in [6.07, 6.45) is 23.0. The van der Waals surface area contributed by atoms with Crippen LogP contribution in [0.3, 0.4) is 0 Å². The molecule has 9 N–H and O–H groups in total. The molecule has 0 spiro atoms. The number of ether oxygens (including phenoxy) is 4. The highest BCUT2D eigenvalue weighted by molar-refractivity contribution is 5.76. The second-order valence-corrected chi connectivity index (χ2v) is 16.9. The van der Waals surface area contributed by atoms with Crippen molar-refractivity contribution in [2.75, 3.05) is 19.8 Å². The molecule has 0 aromatic heterocycles. The van der Waals surface area contributed by atoms with Crippen molar-refractivity contribution < 1.29 is 64.6 Å². The Morgan fingerprint density at radius 1 is 0.581 bits per heavy atom. The van der Waals surface area contributed by atoms with Crippen LogP contribution < -0.4 is 5.32 Å². The van der Waals surface area contributed by atoms with E-state index in [1.807, 2.05) is 6.08 Å². The van der Waals surface area contributed by atoms with Gasteiger partial charge in [-0.2, -0.15) is 0 Å². The van der Waals surface area contributed by atoms with Gasteiger partial charge in [0.1, 0.15) is 48.8 Å². The van der Waals surface area contributed by atoms with Crippen molar-refractivity contribution in [3.63, 3.8) is 0 Å². The van der Waals surface area contributed by atoms with E-state index >= 15 is 0 Å². The SMILES string of the molecule is CCCCC/C=C\C/C=C\CCCCCCCCCC(=O)NC(COC1OC(CO)C(OC2OC(CO)C(O)C(O)C2O)C(O)C1O)C(O)/C=C/CC/C=C/CCCCCCC. The van der Waals surface area contributed by atoms with E-state index in [1.165, 1.54) is 70.6 Å². The lowest BCUT2D eigenvalue weighted by molar-refractivity contribution is -0.359. The van der Waals surface area contributed by atoms with Crippen LogP contribution in [0.5, 0.6) is 0 Å². The van der Waals surface area contributed by atoms with Crippen molar-refractivity contribution in [2.45, 2.75) is 229 Å². The van der Waals surface area contributed by atoms with E-state index < -0.39 is 86.8 Å². The Kier molecular flexibility index (Phi) is 31.9. The van der Waals surface area contributed by atoms with Crippen molar-refractivity contribution >= 4 is 5.91 Å². The standard InChI is InChI=1S/C48H85NO13/c1-3-5-7-9-11-13-15-16-17-18-19-20-22-24-26-28-30-32-40(53)49-36(37(52)31-29-27-25-23-21-14-12-10-8-6-4-2)35-59-47-45(58)43(56)46(39(34-51)61-47)62-48-44(57)42(55)41(54)38(33-50)60-48/h11,13,16-17,21,23,29,31,36-39,41-48,50-52,54-58H,3-10,12,14-15,18-20,22,24-28,30,32-35H2,1-2H3,(H,49,53)/b13-11-,17-16-,23-21+,31-29+. The first-order valence-electron chi connectivity index (χ1n) is 23.9. The number of aliphatic hydroxyl groups excluding tert-OH is 8. The normalized spacial score (nSPS) is 28.2. The molecule has 2 rings (SSSR count). The van der Waals surface area contributed by atoms with Crippen LogP contribution in [0.1, 0.15) is 155 Å². The summed E-state index contributed by atoms with van der Waals surface area (Å²) in [7, 11) is 0. The third-order valence-corrected chi connectivity index (χ3v) is 11.5. The lowest BCUT2D eigenvalue weighted by Crippen LogP contribution is -2.65. The molecular formula is C48H85NO13. The number of aliphatic hydroxyl groups is 8. The second kappa shape index (κ2) is 35.2. The lowest BCUT2D eigenvalue weighted by Gasteiger charge is -2.46. The molecule has 360 valence electrons. The van der Waals surface area contributed by atoms with E-state index in [2.05, 4.69) is 55.6 Å². The average Bonchev–Trinajstić information content (AvgIpc) is 3.27. The first-order valence-corrected chi connectivity index (χ1v) is 23.9. The maximum absolute atomic E-state index is 13.1. The van der Waals surface area contributed by atoms with Crippen LogP contribution in [0.15, 0.2) is 48.6 Å². The molecule has 12 atom stereocenters. The number of hydrogen-bond acceptors (Lipinski definition) is 13. The predicted octanol–water partition coefficient (Wildman–Crippen LogP) is 5.32. The Morgan fingerprint density at radius 2 is 1.08 bits per heavy atom. The quantitative estimate of drug-likeness (QED) is 0.0291. The molecule has 12 unspecified atom stereocenters. The number of amides is 1. The van der Waals surface area contributed by atoms with E-state index in [9.17, 15) is 45.6 Å². The van der Waals surface area contributed by atoms with Crippen LogP contribution in [0, 0.1) is 0 Å². The summed E-state index contributed by atoms with van der Waals surface area (Å²) < 4.78 is 22.6. The highest BCUT2D eigenvalue weighted by Gasteiger charge is 2.50. The van der Waals surface area contributed by atoms with Gasteiger partial charge in [0.15, 0.2) is 12.6 Å². The van der Waals surface area contributed by atoms with Gasteiger partial charge in [0, 0.05) is 6.42 Å². The summed E-state index contributed by atoms with van der Waals surface area (Å²) in [6.45, 7) is 2.68. The Labute approximate surface area is 372 Å². The van der Waals surface area contributed by atoms with Crippen LogP contribution in [0.2, 0.25) is 0 Å². The average molecular weight is 884 g/mol. The molecule has 2 aliphatic rings. The number of hydrogen-bond donors (Lipinski definition) is 9. The smallest absolute Gasteiger partial charge is 0.220 e. The molecule has 0 aromatic carbocycles. The molecule has 1 amide bonds. The van der Waals surface area contributed by atoms with Crippen molar-refractivity contribution in [3.8, 4) is 0 Å². The molecule has 2 saturated heterocycles. The second-order valence-electron chi connectivity index (χ2n) is 16.9. The molecule has 0 aliphatic carbocycles. The van der Waals surface area contributed by atoms with Gasteiger partial charge in [-0.3, -0.25) is 4.79 Å². The molecule has 2 aliphatic heterocycles.